The lowest BCUT2D eigenvalue weighted by Gasteiger charge is -2.12. The van der Waals surface area contributed by atoms with E-state index in [0.29, 0.717) is 25.1 Å². The van der Waals surface area contributed by atoms with Crippen LogP contribution in [0.2, 0.25) is 0 Å². The van der Waals surface area contributed by atoms with E-state index in [0.717, 1.165) is 5.56 Å². The Morgan fingerprint density at radius 1 is 1.26 bits per heavy atom. The Morgan fingerprint density at radius 2 is 1.96 bits per heavy atom. The van der Waals surface area contributed by atoms with E-state index in [9.17, 15) is 18.5 Å². The van der Waals surface area contributed by atoms with Crippen molar-refractivity contribution in [2.45, 2.75) is 19.4 Å². The number of nitro benzene ring substituents is 1. The molecule has 10 heteroatoms. The second-order valence-corrected chi connectivity index (χ2v) is 7.48. The summed E-state index contributed by atoms with van der Waals surface area (Å²) in [6, 6.07) is 9.82. The number of anilines is 1. The van der Waals surface area contributed by atoms with Crippen LogP contribution in [0.25, 0.3) is 0 Å². The normalized spacial score (nSPS) is 11.6. The molecule has 1 N–H and O–H groups in total. The summed E-state index contributed by atoms with van der Waals surface area (Å²) < 4.78 is 32.1. The van der Waals surface area contributed by atoms with Crippen molar-refractivity contribution in [3.8, 4) is 0 Å². The molecule has 144 valence electrons. The average Bonchev–Trinajstić information content (AvgIpc) is 2.63. The standard InChI is InChI=1S/C17H20N4O5S/c1-19(16-6-8-17(9-7-16)21(22)23)18-13-15-5-4-11-20(14-15)10-2-3-12-27(24,25)26/h4-9,11,13-14H,2-3,10,12H2,1H3/p+1/b18-13+. The molecule has 0 aliphatic heterocycles. The Morgan fingerprint density at radius 3 is 2.59 bits per heavy atom. The molecule has 2 rings (SSSR count). The van der Waals surface area contributed by atoms with Gasteiger partial charge in [-0.25, -0.2) is 4.57 Å². The molecule has 0 saturated heterocycles. The van der Waals surface area contributed by atoms with Crippen molar-refractivity contribution in [2.24, 2.45) is 5.10 Å². The summed E-state index contributed by atoms with van der Waals surface area (Å²) in [5.74, 6) is -0.241. The van der Waals surface area contributed by atoms with Crippen LogP contribution >= 0.6 is 0 Å². The number of nitro groups is 1. The fraction of sp³-hybridized carbons (Fsp3) is 0.294. The Kier molecular flexibility index (Phi) is 6.97. The molecule has 0 amide bonds. The maximum atomic E-state index is 10.7. The van der Waals surface area contributed by atoms with E-state index in [1.54, 1.807) is 30.4 Å². The number of nitrogens with zero attached hydrogens (tertiary/aromatic N) is 4. The van der Waals surface area contributed by atoms with Gasteiger partial charge in [0.1, 0.15) is 6.54 Å². The summed E-state index contributed by atoms with van der Waals surface area (Å²) in [5.41, 5.74) is 1.58. The first kappa shape index (κ1) is 20.5. The van der Waals surface area contributed by atoms with Crippen LogP contribution in [0.1, 0.15) is 18.4 Å². The molecule has 0 atom stereocenters. The molecular formula is C17H21N4O5S+. The van der Waals surface area contributed by atoms with Crippen LogP contribution in [0.3, 0.4) is 0 Å². The van der Waals surface area contributed by atoms with Crippen molar-refractivity contribution in [3.63, 3.8) is 0 Å². The molecule has 0 fully saturated rings. The number of benzene rings is 1. The molecule has 27 heavy (non-hydrogen) atoms. The van der Waals surface area contributed by atoms with Gasteiger partial charge in [-0.15, -0.1) is 0 Å². The molecule has 0 spiro atoms. The number of aryl methyl sites for hydroxylation is 1. The Balaban J connectivity index is 1.95. The van der Waals surface area contributed by atoms with E-state index in [2.05, 4.69) is 5.10 Å². The molecule has 0 aliphatic carbocycles. The van der Waals surface area contributed by atoms with Gasteiger partial charge in [-0.2, -0.15) is 13.5 Å². The average molecular weight is 393 g/mol. The van der Waals surface area contributed by atoms with Gasteiger partial charge in [-0.05, 0) is 24.6 Å². The first-order valence-corrected chi connectivity index (χ1v) is 9.82. The number of pyridine rings is 1. The SMILES string of the molecule is CN(/N=C/c1ccc[n+](CCCCS(=O)(=O)O)c1)c1ccc([N+](=O)[O-])cc1. The maximum absolute atomic E-state index is 10.7. The number of rotatable bonds is 9. The number of hydrogen-bond acceptors (Lipinski definition) is 6. The second-order valence-electron chi connectivity index (χ2n) is 5.91. The van der Waals surface area contributed by atoms with Crippen molar-refractivity contribution in [1.29, 1.82) is 0 Å². The molecule has 9 nitrogen and oxygen atoms in total. The van der Waals surface area contributed by atoms with Crippen LogP contribution in [0.15, 0.2) is 53.9 Å². The van der Waals surface area contributed by atoms with E-state index in [1.807, 2.05) is 29.1 Å². The number of unbranched alkanes of at least 4 members (excludes halogenated alkanes) is 1. The molecule has 1 aromatic carbocycles. The summed E-state index contributed by atoms with van der Waals surface area (Å²) in [4.78, 5) is 10.2. The van der Waals surface area contributed by atoms with Gasteiger partial charge in [-0.3, -0.25) is 19.7 Å². The molecule has 1 aromatic heterocycles. The van der Waals surface area contributed by atoms with Gasteiger partial charge in [0.05, 0.1) is 28.1 Å². The number of hydrazone groups is 1. The third kappa shape index (κ3) is 7.12. The van der Waals surface area contributed by atoms with E-state index < -0.39 is 15.0 Å². The Hall–Kier alpha value is -2.85. The van der Waals surface area contributed by atoms with E-state index in [1.165, 1.54) is 12.1 Å². The van der Waals surface area contributed by atoms with Crippen molar-refractivity contribution in [1.82, 2.24) is 0 Å². The van der Waals surface area contributed by atoms with Crippen LogP contribution in [0.5, 0.6) is 0 Å². The monoisotopic (exact) mass is 393 g/mol. The highest BCUT2D eigenvalue weighted by Crippen LogP contribution is 2.18. The van der Waals surface area contributed by atoms with Gasteiger partial charge >= 0.3 is 0 Å². The quantitative estimate of drug-likeness (QED) is 0.174. The molecule has 1 heterocycles. The summed E-state index contributed by atoms with van der Waals surface area (Å²) in [6.07, 6.45) is 6.41. The van der Waals surface area contributed by atoms with E-state index >= 15 is 0 Å². The third-order valence-electron chi connectivity index (χ3n) is 3.76. The fourth-order valence-corrected chi connectivity index (χ4v) is 2.92. The van der Waals surface area contributed by atoms with Gasteiger partial charge in [-0.1, -0.05) is 0 Å². The lowest BCUT2D eigenvalue weighted by Crippen LogP contribution is -2.33. The molecule has 2 aromatic rings. The summed E-state index contributed by atoms with van der Waals surface area (Å²) in [7, 11) is -2.17. The van der Waals surface area contributed by atoms with Gasteiger partial charge in [0, 0.05) is 31.7 Å². The first-order valence-electron chi connectivity index (χ1n) is 8.21. The predicted octanol–water partition coefficient (Wildman–Crippen LogP) is 2.02. The van der Waals surface area contributed by atoms with Gasteiger partial charge in [0.25, 0.3) is 15.8 Å². The highest BCUT2D eigenvalue weighted by atomic mass is 32.2. The third-order valence-corrected chi connectivity index (χ3v) is 4.57. The van der Waals surface area contributed by atoms with Crippen molar-refractivity contribution in [3.05, 3.63) is 64.5 Å². The Labute approximate surface area is 157 Å². The highest BCUT2D eigenvalue weighted by molar-refractivity contribution is 7.85. The van der Waals surface area contributed by atoms with Crippen LogP contribution in [0.4, 0.5) is 11.4 Å². The van der Waals surface area contributed by atoms with Crippen LogP contribution in [0, 0.1) is 10.1 Å². The fourth-order valence-electron chi connectivity index (χ4n) is 2.35. The summed E-state index contributed by atoms with van der Waals surface area (Å²) in [5, 5.41) is 16.6. The first-order chi connectivity index (χ1) is 12.7. The van der Waals surface area contributed by atoms with Gasteiger partial charge < -0.3 is 0 Å². The number of hydrogen-bond donors (Lipinski definition) is 1. The van der Waals surface area contributed by atoms with E-state index in [4.69, 9.17) is 4.55 Å². The highest BCUT2D eigenvalue weighted by Gasteiger charge is 2.07. The zero-order valence-corrected chi connectivity index (χ0v) is 15.6. The topological polar surface area (TPSA) is 117 Å². The molecular weight excluding hydrogens is 372 g/mol. The van der Waals surface area contributed by atoms with Crippen LogP contribution in [-0.4, -0.2) is 36.9 Å². The van der Waals surface area contributed by atoms with Crippen molar-refractivity contribution < 1.29 is 22.5 Å². The largest absolute Gasteiger partial charge is 0.286 e. The van der Waals surface area contributed by atoms with Crippen LogP contribution < -0.4 is 9.58 Å². The summed E-state index contributed by atoms with van der Waals surface area (Å²) in [6.45, 7) is 0.620. The summed E-state index contributed by atoms with van der Waals surface area (Å²) >= 11 is 0. The maximum Gasteiger partial charge on any atom is 0.269 e. The minimum absolute atomic E-state index is 0.0224. The van der Waals surface area contributed by atoms with Crippen molar-refractivity contribution in [2.75, 3.05) is 17.8 Å². The zero-order chi connectivity index (χ0) is 19.9. The minimum Gasteiger partial charge on any atom is -0.286 e. The molecule has 0 bridgehead atoms. The Bertz CT molecular complexity index is 913. The smallest absolute Gasteiger partial charge is 0.269 e. The van der Waals surface area contributed by atoms with Gasteiger partial charge in [0.2, 0.25) is 0 Å². The zero-order valence-electron chi connectivity index (χ0n) is 14.8. The number of aromatic nitrogens is 1. The van der Waals surface area contributed by atoms with Crippen LogP contribution in [-0.2, 0) is 16.7 Å². The number of non-ortho nitro benzene ring substituents is 1. The molecule has 0 radical (unpaired) electrons. The van der Waals surface area contributed by atoms with Gasteiger partial charge in [0.15, 0.2) is 12.4 Å². The van der Waals surface area contributed by atoms with E-state index in [-0.39, 0.29) is 11.4 Å². The van der Waals surface area contributed by atoms with Crippen molar-refractivity contribution >= 4 is 27.7 Å². The second kappa shape index (κ2) is 9.19. The molecule has 0 unspecified atom stereocenters. The lowest BCUT2D eigenvalue weighted by atomic mass is 10.3. The molecule has 0 aliphatic rings. The lowest BCUT2D eigenvalue weighted by molar-refractivity contribution is -0.697. The predicted molar refractivity (Wildman–Crippen MR) is 101 cm³/mol. The molecule has 0 saturated carbocycles. The minimum atomic E-state index is -3.91.